The van der Waals surface area contributed by atoms with Crippen LogP contribution in [0, 0.1) is 5.92 Å². The molecule has 1 saturated carbocycles. The van der Waals surface area contributed by atoms with Crippen LogP contribution < -0.4 is 4.90 Å². The van der Waals surface area contributed by atoms with Crippen molar-refractivity contribution in [1.29, 1.82) is 0 Å². The predicted octanol–water partition coefficient (Wildman–Crippen LogP) is 5.11. The maximum Gasteiger partial charge on any atom is 0.286 e. The van der Waals surface area contributed by atoms with Crippen molar-refractivity contribution < 1.29 is 14.0 Å². The standard InChI is InChI=1S/C24H34N4O3S.ClH/c1-18(2)16-21(28(17-29)20-12-8-5-9-13-20)22(30)23-25-26-24(31-23)32-15-14-27(3)19-10-6-4-7-11-19;/h4,6-7,10-11,17-18,20-21H,5,8-9,12-16H2,1-3H3;1H. The van der Waals surface area contributed by atoms with E-state index in [2.05, 4.69) is 41.1 Å². The van der Waals surface area contributed by atoms with Gasteiger partial charge in [-0.15, -0.1) is 22.6 Å². The van der Waals surface area contributed by atoms with E-state index in [1.165, 1.54) is 18.2 Å². The monoisotopic (exact) mass is 494 g/mol. The summed E-state index contributed by atoms with van der Waals surface area (Å²) in [5, 5.41) is 8.47. The van der Waals surface area contributed by atoms with Crippen LogP contribution in [0.15, 0.2) is 40.0 Å². The minimum atomic E-state index is -0.557. The van der Waals surface area contributed by atoms with E-state index in [0.717, 1.165) is 50.1 Å². The van der Waals surface area contributed by atoms with Crippen molar-refractivity contribution in [3.63, 3.8) is 0 Å². The number of rotatable bonds is 12. The van der Waals surface area contributed by atoms with E-state index < -0.39 is 6.04 Å². The van der Waals surface area contributed by atoms with Gasteiger partial charge in [0.25, 0.3) is 11.1 Å². The smallest absolute Gasteiger partial charge is 0.286 e. The Kier molecular flexibility index (Phi) is 11.2. The highest BCUT2D eigenvalue weighted by molar-refractivity contribution is 7.99. The van der Waals surface area contributed by atoms with Crippen molar-refractivity contribution in [3.05, 3.63) is 36.2 Å². The lowest BCUT2D eigenvalue weighted by atomic mass is 9.91. The number of para-hydroxylation sites is 1. The molecule has 0 aliphatic heterocycles. The second kappa shape index (κ2) is 13.6. The van der Waals surface area contributed by atoms with Gasteiger partial charge in [-0.2, -0.15) is 0 Å². The number of amides is 1. The topological polar surface area (TPSA) is 79.5 Å². The van der Waals surface area contributed by atoms with E-state index in [1.54, 1.807) is 4.90 Å². The summed E-state index contributed by atoms with van der Waals surface area (Å²) >= 11 is 1.43. The third-order valence-corrected chi connectivity index (χ3v) is 6.74. The molecule has 1 atom stereocenters. The molecular weight excluding hydrogens is 460 g/mol. The minimum absolute atomic E-state index is 0. The molecule has 1 aromatic carbocycles. The number of benzene rings is 1. The van der Waals surface area contributed by atoms with Crippen LogP contribution in [0.4, 0.5) is 5.69 Å². The van der Waals surface area contributed by atoms with Crippen LogP contribution in [0.3, 0.4) is 0 Å². The van der Waals surface area contributed by atoms with E-state index >= 15 is 0 Å². The van der Waals surface area contributed by atoms with E-state index in [4.69, 9.17) is 4.42 Å². The highest BCUT2D eigenvalue weighted by Gasteiger charge is 2.35. The average Bonchev–Trinajstić information content (AvgIpc) is 3.28. The number of thioether (sulfide) groups is 1. The zero-order chi connectivity index (χ0) is 22.9. The quantitative estimate of drug-likeness (QED) is 0.230. The number of hydrogen-bond donors (Lipinski definition) is 0. The summed E-state index contributed by atoms with van der Waals surface area (Å²) in [4.78, 5) is 29.1. The molecule has 1 amide bonds. The zero-order valence-corrected chi connectivity index (χ0v) is 21.3. The van der Waals surface area contributed by atoms with Gasteiger partial charge in [-0.3, -0.25) is 9.59 Å². The Morgan fingerprint density at radius 3 is 2.52 bits per heavy atom. The molecule has 1 aromatic heterocycles. The number of Topliss-reactive ketones (excluding diaryl/α,β-unsaturated/α-hetero) is 1. The van der Waals surface area contributed by atoms with Crippen molar-refractivity contribution in [3.8, 4) is 0 Å². The second-order valence-electron chi connectivity index (χ2n) is 8.83. The van der Waals surface area contributed by atoms with Crippen LogP contribution in [0.2, 0.25) is 0 Å². The first-order valence-electron chi connectivity index (χ1n) is 11.5. The third-order valence-electron chi connectivity index (χ3n) is 5.94. The van der Waals surface area contributed by atoms with Gasteiger partial charge in [0.15, 0.2) is 0 Å². The first kappa shape index (κ1) is 27.2. The van der Waals surface area contributed by atoms with Gasteiger partial charge < -0.3 is 14.2 Å². The fraction of sp³-hybridized carbons (Fsp3) is 0.583. The number of nitrogens with zero attached hydrogens (tertiary/aromatic N) is 4. The van der Waals surface area contributed by atoms with E-state index in [9.17, 15) is 9.59 Å². The van der Waals surface area contributed by atoms with Gasteiger partial charge in [0, 0.05) is 31.1 Å². The van der Waals surface area contributed by atoms with E-state index in [1.807, 2.05) is 25.2 Å². The highest BCUT2D eigenvalue weighted by Crippen LogP contribution is 2.27. The average molecular weight is 495 g/mol. The lowest BCUT2D eigenvalue weighted by Gasteiger charge is -2.36. The maximum absolute atomic E-state index is 13.3. The molecule has 0 N–H and O–H groups in total. The third kappa shape index (κ3) is 7.74. The Labute approximate surface area is 207 Å². The Morgan fingerprint density at radius 1 is 1.18 bits per heavy atom. The summed E-state index contributed by atoms with van der Waals surface area (Å²) in [5.74, 6) is 0.758. The SMILES string of the molecule is CC(C)CC(C(=O)c1nnc(SCCN(C)c2ccccc2)o1)N(C=O)C1CCCCC1.Cl. The summed E-state index contributed by atoms with van der Waals surface area (Å²) in [5.41, 5.74) is 1.14. The fourth-order valence-corrected chi connectivity index (χ4v) is 4.97. The predicted molar refractivity (Wildman–Crippen MR) is 134 cm³/mol. The Morgan fingerprint density at radius 2 is 1.88 bits per heavy atom. The first-order chi connectivity index (χ1) is 15.5. The molecule has 0 saturated heterocycles. The number of carbonyl (C=O) groups excluding carboxylic acids is 2. The summed E-state index contributed by atoms with van der Waals surface area (Å²) in [6, 6.07) is 9.70. The van der Waals surface area contributed by atoms with Crippen LogP contribution >= 0.6 is 24.2 Å². The number of hydrogen-bond acceptors (Lipinski definition) is 7. The van der Waals surface area contributed by atoms with Crippen molar-refractivity contribution >= 4 is 42.0 Å². The molecule has 1 aliphatic rings. The molecule has 0 spiro atoms. The van der Waals surface area contributed by atoms with Crippen molar-refractivity contribution in [1.82, 2.24) is 15.1 Å². The molecule has 1 heterocycles. The van der Waals surface area contributed by atoms with Gasteiger partial charge in [-0.1, -0.05) is 63.1 Å². The molecule has 0 radical (unpaired) electrons. The molecule has 2 aromatic rings. The van der Waals surface area contributed by atoms with Crippen LogP contribution in [0.25, 0.3) is 0 Å². The Hall–Kier alpha value is -2.06. The number of aromatic nitrogens is 2. The van der Waals surface area contributed by atoms with Crippen LogP contribution in [0.1, 0.15) is 63.1 Å². The molecule has 0 bridgehead atoms. The first-order valence-corrected chi connectivity index (χ1v) is 12.5. The highest BCUT2D eigenvalue weighted by atomic mass is 35.5. The van der Waals surface area contributed by atoms with Crippen molar-refractivity contribution in [2.75, 3.05) is 24.2 Å². The largest absolute Gasteiger partial charge is 0.408 e. The zero-order valence-electron chi connectivity index (χ0n) is 19.7. The second-order valence-corrected chi connectivity index (χ2v) is 9.88. The lowest BCUT2D eigenvalue weighted by Crippen LogP contribution is -2.48. The molecule has 182 valence electrons. The molecule has 9 heteroatoms. The molecule has 1 unspecified atom stereocenters. The fourth-order valence-electron chi connectivity index (χ4n) is 4.20. The van der Waals surface area contributed by atoms with Gasteiger partial charge >= 0.3 is 0 Å². The molecule has 1 fully saturated rings. The summed E-state index contributed by atoms with van der Waals surface area (Å²) in [6.45, 7) is 4.92. The van der Waals surface area contributed by atoms with Crippen molar-refractivity contribution in [2.24, 2.45) is 5.92 Å². The summed E-state index contributed by atoms with van der Waals surface area (Å²) in [6.07, 6.45) is 6.69. The number of halogens is 1. The number of ketones is 1. The number of anilines is 1. The Bertz CT molecular complexity index is 858. The van der Waals surface area contributed by atoms with Gasteiger partial charge in [-0.25, -0.2) is 0 Å². The van der Waals surface area contributed by atoms with Crippen LogP contribution in [-0.2, 0) is 4.79 Å². The molecule has 33 heavy (non-hydrogen) atoms. The van der Waals surface area contributed by atoms with Gasteiger partial charge in [-0.05, 0) is 37.3 Å². The molecule has 3 rings (SSSR count). The van der Waals surface area contributed by atoms with Gasteiger partial charge in [0.05, 0.1) is 0 Å². The van der Waals surface area contributed by atoms with Crippen LogP contribution in [-0.4, -0.2) is 58.7 Å². The van der Waals surface area contributed by atoms with E-state index in [-0.39, 0.29) is 36.0 Å². The van der Waals surface area contributed by atoms with Crippen molar-refractivity contribution in [2.45, 2.75) is 69.7 Å². The summed E-state index contributed by atoms with van der Waals surface area (Å²) in [7, 11) is 2.04. The molecular formula is C24H35ClN4O3S. The Balaban J connectivity index is 0.00000385. The molecule has 7 nitrogen and oxygen atoms in total. The van der Waals surface area contributed by atoms with Gasteiger partial charge in [0.1, 0.15) is 6.04 Å². The minimum Gasteiger partial charge on any atom is -0.408 e. The van der Waals surface area contributed by atoms with Crippen LogP contribution in [0.5, 0.6) is 0 Å². The van der Waals surface area contributed by atoms with Gasteiger partial charge in [0.2, 0.25) is 12.2 Å². The normalized spacial score (nSPS) is 15.0. The number of carbonyl (C=O) groups is 2. The summed E-state index contributed by atoms with van der Waals surface area (Å²) < 4.78 is 5.71. The molecule has 1 aliphatic carbocycles. The lowest BCUT2D eigenvalue weighted by molar-refractivity contribution is -0.122. The van der Waals surface area contributed by atoms with E-state index in [0.29, 0.717) is 11.6 Å². The maximum atomic E-state index is 13.3.